The predicted octanol–water partition coefficient (Wildman–Crippen LogP) is 2.48. The number of carboxylic acid groups (broad SMARTS) is 1. The first-order valence-electron chi connectivity index (χ1n) is 6.81. The highest BCUT2D eigenvalue weighted by Gasteiger charge is 2.37. The molecule has 21 heavy (non-hydrogen) atoms. The fourth-order valence-electron chi connectivity index (χ4n) is 2.83. The summed E-state index contributed by atoms with van der Waals surface area (Å²) in [5.41, 5.74) is -0.272. The summed E-state index contributed by atoms with van der Waals surface area (Å²) in [6, 6.07) is 2.49. The topological polar surface area (TPSA) is 74.7 Å². The Morgan fingerprint density at radius 1 is 1.29 bits per heavy atom. The highest BCUT2D eigenvalue weighted by atomic mass is 32.2. The fourth-order valence-corrected chi connectivity index (χ4v) is 4.76. The molecule has 5 nitrogen and oxygen atoms in total. The molecule has 0 unspecified atom stereocenters. The van der Waals surface area contributed by atoms with E-state index in [4.69, 9.17) is 5.11 Å². The molecule has 1 heterocycles. The lowest BCUT2D eigenvalue weighted by Gasteiger charge is -2.37. The average molecular weight is 315 g/mol. The number of hydrogen-bond donors (Lipinski definition) is 1. The Morgan fingerprint density at radius 2 is 1.86 bits per heavy atom. The van der Waals surface area contributed by atoms with Crippen molar-refractivity contribution in [2.24, 2.45) is 0 Å². The standard InChI is InChI=1S/C14H18FNO4S/c1-9-4-3-5-10(2)16(9)21(19,20)13-7-6-11(14(17)18)8-12(13)15/h6-10H,3-5H2,1-2H3,(H,17,18)/t9-,10+. The Kier molecular flexibility index (Phi) is 4.34. The maximum Gasteiger partial charge on any atom is 0.335 e. The van der Waals surface area contributed by atoms with Crippen molar-refractivity contribution in [2.75, 3.05) is 0 Å². The van der Waals surface area contributed by atoms with Crippen LogP contribution in [-0.4, -0.2) is 35.9 Å². The summed E-state index contributed by atoms with van der Waals surface area (Å²) < 4.78 is 40.7. The van der Waals surface area contributed by atoms with Crippen LogP contribution < -0.4 is 0 Å². The van der Waals surface area contributed by atoms with Crippen LogP contribution in [-0.2, 0) is 10.0 Å². The minimum atomic E-state index is -3.97. The summed E-state index contributed by atoms with van der Waals surface area (Å²) in [7, 11) is -3.97. The van der Waals surface area contributed by atoms with Gasteiger partial charge >= 0.3 is 5.97 Å². The monoisotopic (exact) mass is 315 g/mol. The van der Waals surface area contributed by atoms with Gasteiger partial charge in [-0.25, -0.2) is 17.6 Å². The summed E-state index contributed by atoms with van der Waals surface area (Å²) in [5.74, 6) is -2.32. The van der Waals surface area contributed by atoms with Crippen molar-refractivity contribution in [1.82, 2.24) is 4.31 Å². The van der Waals surface area contributed by atoms with Crippen LogP contribution >= 0.6 is 0 Å². The Morgan fingerprint density at radius 3 is 2.33 bits per heavy atom. The van der Waals surface area contributed by atoms with E-state index in [2.05, 4.69) is 0 Å². The van der Waals surface area contributed by atoms with E-state index in [-0.39, 0.29) is 17.6 Å². The lowest BCUT2D eigenvalue weighted by Crippen LogP contribution is -2.47. The van der Waals surface area contributed by atoms with Crippen molar-refractivity contribution < 1.29 is 22.7 Å². The largest absolute Gasteiger partial charge is 0.478 e. The molecule has 1 aliphatic rings. The van der Waals surface area contributed by atoms with Crippen molar-refractivity contribution in [3.63, 3.8) is 0 Å². The summed E-state index contributed by atoms with van der Waals surface area (Å²) in [4.78, 5) is 10.3. The predicted molar refractivity (Wildman–Crippen MR) is 75.2 cm³/mol. The lowest BCUT2D eigenvalue weighted by molar-refractivity contribution is 0.0696. The number of sulfonamides is 1. The Labute approximate surface area is 123 Å². The van der Waals surface area contributed by atoms with Crippen molar-refractivity contribution >= 4 is 16.0 Å². The van der Waals surface area contributed by atoms with Gasteiger partial charge in [-0.3, -0.25) is 0 Å². The number of hydrogen-bond acceptors (Lipinski definition) is 3. The van der Waals surface area contributed by atoms with Crippen molar-refractivity contribution in [1.29, 1.82) is 0 Å². The first-order valence-corrected chi connectivity index (χ1v) is 8.25. The summed E-state index contributed by atoms with van der Waals surface area (Å²) in [6.07, 6.45) is 2.41. The molecule has 1 aromatic rings. The summed E-state index contributed by atoms with van der Waals surface area (Å²) in [5, 5.41) is 8.81. The van der Waals surface area contributed by atoms with Gasteiger partial charge in [0.05, 0.1) is 5.56 Å². The third-order valence-corrected chi connectivity index (χ3v) is 6.01. The first kappa shape index (κ1) is 15.9. The number of carboxylic acids is 1. The molecule has 7 heteroatoms. The van der Waals surface area contributed by atoms with Gasteiger partial charge in [0, 0.05) is 12.1 Å². The molecule has 0 amide bonds. The second kappa shape index (κ2) is 5.73. The smallest absolute Gasteiger partial charge is 0.335 e. The van der Waals surface area contributed by atoms with E-state index in [0.29, 0.717) is 0 Å². The highest BCUT2D eigenvalue weighted by molar-refractivity contribution is 7.89. The molecule has 1 aliphatic heterocycles. The van der Waals surface area contributed by atoms with Crippen LogP contribution in [0.15, 0.2) is 23.1 Å². The van der Waals surface area contributed by atoms with Crippen LogP contribution in [0.2, 0.25) is 0 Å². The highest BCUT2D eigenvalue weighted by Crippen LogP contribution is 2.30. The molecule has 0 aliphatic carbocycles. The molecule has 1 aromatic carbocycles. The Bertz CT molecular complexity index is 649. The number of benzene rings is 1. The minimum Gasteiger partial charge on any atom is -0.478 e. The maximum absolute atomic E-state index is 14.0. The molecule has 116 valence electrons. The maximum atomic E-state index is 14.0. The quantitative estimate of drug-likeness (QED) is 0.930. The van der Waals surface area contributed by atoms with E-state index in [1.165, 1.54) is 4.31 Å². The SMILES string of the molecule is C[C@@H]1CCC[C@H](C)N1S(=O)(=O)c1ccc(C(=O)O)cc1F. The van der Waals surface area contributed by atoms with E-state index in [9.17, 15) is 17.6 Å². The number of nitrogens with zero attached hydrogens (tertiary/aromatic N) is 1. The number of piperidine rings is 1. The van der Waals surface area contributed by atoms with Crippen molar-refractivity contribution in [3.8, 4) is 0 Å². The van der Waals surface area contributed by atoms with Crippen LogP contribution in [0.25, 0.3) is 0 Å². The normalized spacial score (nSPS) is 24.0. The van der Waals surface area contributed by atoms with Gasteiger partial charge in [0.1, 0.15) is 10.7 Å². The molecule has 0 spiro atoms. The van der Waals surface area contributed by atoms with Gasteiger partial charge in [0.15, 0.2) is 0 Å². The zero-order chi connectivity index (χ0) is 15.8. The third kappa shape index (κ3) is 2.94. The molecule has 1 N–H and O–H groups in total. The second-order valence-electron chi connectivity index (χ2n) is 5.41. The molecule has 2 atom stereocenters. The second-order valence-corrected chi connectivity index (χ2v) is 7.23. The lowest BCUT2D eigenvalue weighted by atomic mass is 10.0. The van der Waals surface area contributed by atoms with E-state index < -0.39 is 26.7 Å². The van der Waals surface area contributed by atoms with Gasteiger partial charge in [0.25, 0.3) is 0 Å². The summed E-state index contributed by atoms with van der Waals surface area (Å²) >= 11 is 0. The third-order valence-electron chi connectivity index (χ3n) is 3.85. The number of halogens is 1. The fraction of sp³-hybridized carbons (Fsp3) is 0.500. The van der Waals surface area contributed by atoms with E-state index in [0.717, 1.165) is 37.5 Å². The number of rotatable bonds is 3. The van der Waals surface area contributed by atoms with Gasteiger partial charge in [-0.15, -0.1) is 0 Å². The Balaban J connectivity index is 2.46. The molecule has 0 saturated carbocycles. The van der Waals surface area contributed by atoms with Crippen molar-refractivity contribution in [3.05, 3.63) is 29.6 Å². The average Bonchev–Trinajstić information content (AvgIpc) is 2.37. The van der Waals surface area contributed by atoms with E-state index >= 15 is 0 Å². The molecular formula is C14H18FNO4S. The van der Waals surface area contributed by atoms with Crippen LogP contribution in [0.5, 0.6) is 0 Å². The number of carbonyl (C=O) groups is 1. The Hall–Kier alpha value is -1.47. The van der Waals surface area contributed by atoms with Crippen LogP contribution in [0.4, 0.5) is 4.39 Å². The van der Waals surface area contributed by atoms with Gasteiger partial charge in [0.2, 0.25) is 10.0 Å². The van der Waals surface area contributed by atoms with E-state index in [1.807, 2.05) is 0 Å². The van der Waals surface area contributed by atoms with E-state index in [1.54, 1.807) is 13.8 Å². The number of aromatic carboxylic acids is 1. The van der Waals surface area contributed by atoms with Crippen LogP contribution in [0.3, 0.4) is 0 Å². The van der Waals surface area contributed by atoms with Gasteiger partial charge in [-0.2, -0.15) is 4.31 Å². The molecule has 0 radical (unpaired) electrons. The van der Waals surface area contributed by atoms with Crippen LogP contribution in [0, 0.1) is 5.82 Å². The van der Waals surface area contributed by atoms with Gasteiger partial charge < -0.3 is 5.11 Å². The van der Waals surface area contributed by atoms with Crippen molar-refractivity contribution in [2.45, 2.75) is 50.1 Å². The molecule has 0 bridgehead atoms. The molecule has 1 saturated heterocycles. The molecule has 2 rings (SSSR count). The zero-order valence-corrected chi connectivity index (χ0v) is 12.7. The molecule has 1 fully saturated rings. The summed E-state index contributed by atoms with van der Waals surface area (Å²) in [6.45, 7) is 3.60. The first-order chi connectivity index (χ1) is 9.75. The van der Waals surface area contributed by atoms with Crippen LogP contribution in [0.1, 0.15) is 43.5 Å². The molecular weight excluding hydrogens is 297 g/mol. The minimum absolute atomic E-state index is 0.197. The zero-order valence-electron chi connectivity index (χ0n) is 11.9. The van der Waals surface area contributed by atoms with Gasteiger partial charge in [-0.1, -0.05) is 6.42 Å². The van der Waals surface area contributed by atoms with Gasteiger partial charge in [-0.05, 0) is 44.9 Å². The molecule has 0 aromatic heterocycles.